The Balaban J connectivity index is 2.02. The van der Waals surface area contributed by atoms with Crippen LogP contribution in [0.2, 0.25) is 0 Å². The topological polar surface area (TPSA) is 58.9 Å². The highest BCUT2D eigenvalue weighted by molar-refractivity contribution is 9.10. The largest absolute Gasteiger partial charge is 0.506 e. The zero-order chi connectivity index (χ0) is 11.3. The number of ether oxygens (including phenoxy) is 2. The van der Waals surface area contributed by atoms with Crippen molar-refractivity contribution in [3.63, 3.8) is 0 Å². The maximum absolute atomic E-state index is 9.96. The molecule has 0 radical (unpaired) electrons. The number of phenolic OH excluding ortho intramolecular Hbond substituents is 1. The Morgan fingerprint density at radius 2 is 2.12 bits per heavy atom. The summed E-state index contributed by atoms with van der Waals surface area (Å²) in [7, 11) is 0. The van der Waals surface area contributed by atoms with E-state index >= 15 is 0 Å². The van der Waals surface area contributed by atoms with E-state index in [2.05, 4.69) is 15.9 Å². The third-order valence-corrected chi connectivity index (χ3v) is 3.74. The summed E-state index contributed by atoms with van der Waals surface area (Å²) in [4.78, 5) is 0. The Morgan fingerprint density at radius 3 is 2.81 bits per heavy atom. The van der Waals surface area contributed by atoms with Crippen LogP contribution in [0.4, 0.5) is 0 Å². The van der Waals surface area contributed by atoms with Gasteiger partial charge in [-0.15, -0.1) is 0 Å². The second-order valence-corrected chi connectivity index (χ2v) is 5.13. The first-order chi connectivity index (χ1) is 7.59. The smallest absolute Gasteiger partial charge is 0.231 e. The minimum atomic E-state index is -0.634. The van der Waals surface area contributed by atoms with Crippen LogP contribution in [-0.2, 0) is 6.42 Å². The number of hydrogen-bond donors (Lipinski definition) is 2. The SMILES string of the molecule is Oc1c(CC2(O)CC2)cc2c(c1Br)OCO2. The predicted octanol–water partition coefficient (Wildman–Crippen LogP) is 1.95. The van der Waals surface area contributed by atoms with E-state index in [9.17, 15) is 10.2 Å². The molecule has 0 spiro atoms. The number of benzene rings is 1. The number of halogens is 1. The van der Waals surface area contributed by atoms with Gasteiger partial charge in [0.15, 0.2) is 11.5 Å². The van der Waals surface area contributed by atoms with Gasteiger partial charge in [-0.05, 0) is 34.8 Å². The summed E-state index contributed by atoms with van der Waals surface area (Å²) in [6, 6.07) is 1.73. The molecule has 1 saturated carbocycles. The summed E-state index contributed by atoms with van der Waals surface area (Å²) in [5, 5.41) is 19.8. The molecule has 3 rings (SSSR count). The fraction of sp³-hybridized carbons (Fsp3) is 0.455. The van der Waals surface area contributed by atoms with Crippen molar-refractivity contribution >= 4 is 15.9 Å². The van der Waals surface area contributed by atoms with Crippen LogP contribution in [0.15, 0.2) is 10.5 Å². The van der Waals surface area contributed by atoms with E-state index in [1.54, 1.807) is 6.07 Å². The van der Waals surface area contributed by atoms with Crippen LogP contribution in [-0.4, -0.2) is 22.6 Å². The number of aliphatic hydroxyl groups is 1. The van der Waals surface area contributed by atoms with Gasteiger partial charge in [-0.2, -0.15) is 0 Å². The molecule has 1 aromatic rings. The van der Waals surface area contributed by atoms with Gasteiger partial charge in [-0.1, -0.05) is 0 Å². The lowest BCUT2D eigenvalue weighted by Crippen LogP contribution is -2.10. The molecule has 86 valence electrons. The molecule has 4 nitrogen and oxygen atoms in total. The summed E-state index contributed by atoms with van der Waals surface area (Å²) in [6.07, 6.45) is 2.03. The van der Waals surface area contributed by atoms with Crippen LogP contribution in [0, 0.1) is 0 Å². The molecule has 1 heterocycles. The van der Waals surface area contributed by atoms with E-state index in [4.69, 9.17) is 9.47 Å². The van der Waals surface area contributed by atoms with Crippen molar-refractivity contribution in [2.24, 2.45) is 0 Å². The van der Waals surface area contributed by atoms with Crippen molar-refractivity contribution in [1.82, 2.24) is 0 Å². The highest BCUT2D eigenvalue weighted by Crippen LogP contribution is 2.49. The van der Waals surface area contributed by atoms with E-state index < -0.39 is 5.60 Å². The van der Waals surface area contributed by atoms with Gasteiger partial charge >= 0.3 is 0 Å². The van der Waals surface area contributed by atoms with Crippen LogP contribution in [0.3, 0.4) is 0 Å². The lowest BCUT2D eigenvalue weighted by Gasteiger charge is -2.12. The molecule has 0 amide bonds. The number of rotatable bonds is 2. The normalized spacial score (nSPS) is 19.9. The quantitative estimate of drug-likeness (QED) is 0.873. The van der Waals surface area contributed by atoms with E-state index in [0.717, 1.165) is 12.8 Å². The summed E-state index contributed by atoms with van der Waals surface area (Å²) in [5.74, 6) is 1.28. The van der Waals surface area contributed by atoms with Gasteiger partial charge < -0.3 is 19.7 Å². The second-order valence-electron chi connectivity index (χ2n) is 4.33. The minimum Gasteiger partial charge on any atom is -0.506 e. The molecule has 0 saturated heterocycles. The maximum atomic E-state index is 9.96. The Bertz CT molecular complexity index is 454. The van der Waals surface area contributed by atoms with Crippen LogP contribution >= 0.6 is 15.9 Å². The molecule has 1 aliphatic carbocycles. The van der Waals surface area contributed by atoms with Crippen molar-refractivity contribution in [3.05, 3.63) is 16.1 Å². The first-order valence-electron chi connectivity index (χ1n) is 5.11. The molecule has 0 atom stereocenters. The Hall–Kier alpha value is -0.940. The number of hydrogen-bond acceptors (Lipinski definition) is 4. The molecular weight excluding hydrogens is 276 g/mol. The fourth-order valence-electron chi connectivity index (χ4n) is 1.85. The number of phenols is 1. The van der Waals surface area contributed by atoms with E-state index in [1.165, 1.54) is 0 Å². The van der Waals surface area contributed by atoms with Gasteiger partial charge in [0.25, 0.3) is 0 Å². The van der Waals surface area contributed by atoms with Gasteiger partial charge in [-0.3, -0.25) is 0 Å². The first-order valence-corrected chi connectivity index (χ1v) is 5.91. The average molecular weight is 287 g/mol. The van der Waals surface area contributed by atoms with Gasteiger partial charge in [0.05, 0.1) is 5.60 Å². The van der Waals surface area contributed by atoms with Crippen molar-refractivity contribution in [2.75, 3.05) is 6.79 Å². The zero-order valence-corrected chi connectivity index (χ0v) is 10.1. The molecule has 5 heteroatoms. The number of aromatic hydroxyl groups is 1. The second kappa shape index (κ2) is 3.28. The van der Waals surface area contributed by atoms with Crippen LogP contribution in [0.5, 0.6) is 17.2 Å². The van der Waals surface area contributed by atoms with E-state index in [-0.39, 0.29) is 12.5 Å². The Kier molecular flexibility index (Phi) is 2.09. The minimum absolute atomic E-state index is 0.129. The average Bonchev–Trinajstić information content (AvgIpc) is 2.79. The summed E-state index contributed by atoms with van der Waals surface area (Å²) < 4.78 is 11.0. The molecule has 2 aliphatic rings. The summed E-state index contributed by atoms with van der Waals surface area (Å²) >= 11 is 3.27. The highest BCUT2D eigenvalue weighted by Gasteiger charge is 2.41. The van der Waals surface area contributed by atoms with Crippen molar-refractivity contribution in [1.29, 1.82) is 0 Å². The standard InChI is InChI=1S/C11H11BrO4/c12-8-9(13)6(4-11(14)1-2-11)3-7-10(8)16-5-15-7/h3,13-14H,1-2,4-5H2. The monoisotopic (exact) mass is 286 g/mol. The molecule has 0 aromatic heterocycles. The Morgan fingerprint density at radius 1 is 1.38 bits per heavy atom. The van der Waals surface area contributed by atoms with Crippen molar-refractivity contribution in [3.8, 4) is 17.2 Å². The third-order valence-electron chi connectivity index (χ3n) is 3.00. The van der Waals surface area contributed by atoms with Crippen LogP contribution in [0.1, 0.15) is 18.4 Å². The molecule has 16 heavy (non-hydrogen) atoms. The van der Waals surface area contributed by atoms with Gasteiger partial charge in [-0.25, -0.2) is 0 Å². The lowest BCUT2D eigenvalue weighted by molar-refractivity contribution is 0.150. The van der Waals surface area contributed by atoms with Crippen LogP contribution in [0.25, 0.3) is 0 Å². The Labute approximate surface area is 101 Å². The molecule has 1 aromatic carbocycles. The molecule has 1 fully saturated rings. The highest BCUT2D eigenvalue weighted by atomic mass is 79.9. The number of fused-ring (bicyclic) bond motifs is 1. The fourth-order valence-corrected chi connectivity index (χ4v) is 2.42. The van der Waals surface area contributed by atoms with Crippen LogP contribution < -0.4 is 9.47 Å². The van der Waals surface area contributed by atoms with Gasteiger partial charge in [0, 0.05) is 12.0 Å². The molecule has 0 unspecified atom stereocenters. The predicted molar refractivity (Wildman–Crippen MR) is 59.8 cm³/mol. The molecule has 0 bridgehead atoms. The van der Waals surface area contributed by atoms with Gasteiger partial charge in [0.2, 0.25) is 6.79 Å². The summed E-state index contributed by atoms with van der Waals surface area (Å²) in [5.41, 5.74) is 0.0565. The third kappa shape index (κ3) is 1.55. The molecule has 1 aliphatic heterocycles. The summed E-state index contributed by atoms with van der Waals surface area (Å²) in [6.45, 7) is 0.168. The molecular formula is C11H11BrO4. The molecule has 2 N–H and O–H groups in total. The van der Waals surface area contributed by atoms with E-state index in [0.29, 0.717) is 28.0 Å². The van der Waals surface area contributed by atoms with Gasteiger partial charge in [0.1, 0.15) is 10.2 Å². The van der Waals surface area contributed by atoms with E-state index in [1.807, 2.05) is 0 Å². The lowest BCUT2D eigenvalue weighted by atomic mass is 10.0. The zero-order valence-electron chi connectivity index (χ0n) is 8.49. The first kappa shape index (κ1) is 10.2. The maximum Gasteiger partial charge on any atom is 0.231 e. The van der Waals surface area contributed by atoms with Crippen molar-refractivity contribution in [2.45, 2.75) is 24.9 Å². The van der Waals surface area contributed by atoms with Crippen molar-refractivity contribution < 1.29 is 19.7 Å².